The van der Waals surface area contributed by atoms with Gasteiger partial charge in [-0.05, 0) is 32.0 Å². The maximum absolute atomic E-state index is 12.0. The fourth-order valence-electron chi connectivity index (χ4n) is 1.29. The smallest absolute Gasteiger partial charge is 0.223 e. The molecular formula is C11H17N5O2S. The summed E-state index contributed by atoms with van der Waals surface area (Å²) in [5.74, 6) is -0.355. The number of nitrogens with zero attached hydrogens (tertiary/aromatic N) is 2. The molecule has 1 rings (SSSR count). The van der Waals surface area contributed by atoms with Gasteiger partial charge in [-0.15, -0.1) is 0 Å². The van der Waals surface area contributed by atoms with Crippen LogP contribution in [-0.2, 0) is 9.84 Å². The van der Waals surface area contributed by atoms with Crippen LogP contribution in [0.3, 0.4) is 0 Å². The summed E-state index contributed by atoms with van der Waals surface area (Å²) >= 11 is 0. The average Bonchev–Trinajstić information content (AvgIpc) is 2.27. The molecule has 0 saturated carbocycles. The highest BCUT2D eigenvalue weighted by molar-refractivity contribution is 7.92. The lowest BCUT2D eigenvalue weighted by Gasteiger charge is -2.08. The average molecular weight is 283 g/mol. The minimum atomic E-state index is -3.35. The van der Waals surface area contributed by atoms with Gasteiger partial charge in [0, 0.05) is 0 Å². The maximum Gasteiger partial charge on any atom is 0.223 e. The lowest BCUT2D eigenvalue weighted by molar-refractivity contribution is 0.587. The van der Waals surface area contributed by atoms with Gasteiger partial charge in [-0.1, -0.05) is 6.07 Å². The SMILES string of the molecule is CC(C)S(=O)(=O)c1cccc(N=C(N)N=C(N)N)c1. The molecule has 7 nitrogen and oxygen atoms in total. The van der Waals surface area contributed by atoms with Gasteiger partial charge in [-0.25, -0.2) is 13.4 Å². The minimum absolute atomic E-state index is 0.140. The van der Waals surface area contributed by atoms with E-state index in [0.29, 0.717) is 5.69 Å². The molecule has 1 aromatic rings. The Morgan fingerprint density at radius 2 is 1.84 bits per heavy atom. The van der Waals surface area contributed by atoms with Crippen LogP contribution in [0.15, 0.2) is 39.1 Å². The summed E-state index contributed by atoms with van der Waals surface area (Å²) in [6.45, 7) is 3.22. The van der Waals surface area contributed by atoms with Crippen molar-refractivity contribution in [1.82, 2.24) is 0 Å². The van der Waals surface area contributed by atoms with Crippen LogP contribution < -0.4 is 17.2 Å². The van der Waals surface area contributed by atoms with Crippen molar-refractivity contribution >= 4 is 27.4 Å². The summed E-state index contributed by atoms with van der Waals surface area (Å²) in [5.41, 5.74) is 16.2. The molecule has 8 heteroatoms. The van der Waals surface area contributed by atoms with E-state index >= 15 is 0 Å². The second-order valence-corrected chi connectivity index (χ2v) is 6.60. The standard InChI is InChI=1S/C11H17N5O2S/c1-7(2)19(17,18)9-5-3-4-8(6-9)15-11(14)16-10(12)13/h3-7H,1-2H3,(H6,12,13,14,15,16). The van der Waals surface area contributed by atoms with Crippen molar-refractivity contribution in [2.45, 2.75) is 24.0 Å². The van der Waals surface area contributed by atoms with Gasteiger partial charge < -0.3 is 17.2 Å². The predicted octanol–water partition coefficient (Wildman–Crippen LogP) is 0.0883. The summed E-state index contributed by atoms with van der Waals surface area (Å²) in [6.07, 6.45) is 0. The molecule has 0 aliphatic rings. The fraction of sp³-hybridized carbons (Fsp3) is 0.273. The molecule has 0 fully saturated rings. The first-order valence-electron chi connectivity index (χ1n) is 5.51. The molecule has 0 saturated heterocycles. The zero-order valence-corrected chi connectivity index (χ0v) is 11.6. The third-order valence-corrected chi connectivity index (χ3v) is 4.41. The number of hydrogen-bond acceptors (Lipinski definition) is 3. The van der Waals surface area contributed by atoms with E-state index in [1.54, 1.807) is 26.0 Å². The number of hydrogen-bond donors (Lipinski definition) is 3. The van der Waals surface area contributed by atoms with Crippen LogP contribution in [0.2, 0.25) is 0 Å². The molecule has 0 radical (unpaired) electrons. The third kappa shape index (κ3) is 3.95. The van der Waals surface area contributed by atoms with Gasteiger partial charge in [0.2, 0.25) is 5.96 Å². The van der Waals surface area contributed by atoms with Crippen molar-refractivity contribution < 1.29 is 8.42 Å². The van der Waals surface area contributed by atoms with Crippen LogP contribution in [0.4, 0.5) is 5.69 Å². The number of benzene rings is 1. The molecule has 0 bridgehead atoms. The van der Waals surface area contributed by atoms with E-state index in [9.17, 15) is 8.42 Å². The Balaban J connectivity index is 3.19. The lowest BCUT2D eigenvalue weighted by atomic mass is 10.3. The minimum Gasteiger partial charge on any atom is -0.370 e. The van der Waals surface area contributed by atoms with Crippen molar-refractivity contribution in [3.05, 3.63) is 24.3 Å². The monoisotopic (exact) mass is 283 g/mol. The zero-order chi connectivity index (χ0) is 14.6. The quantitative estimate of drug-likeness (QED) is 0.533. The molecule has 0 aromatic heterocycles. The van der Waals surface area contributed by atoms with Crippen LogP contribution in [0.25, 0.3) is 0 Å². The van der Waals surface area contributed by atoms with E-state index in [0.717, 1.165) is 0 Å². The predicted molar refractivity (Wildman–Crippen MR) is 75.9 cm³/mol. The first-order chi connectivity index (χ1) is 8.73. The summed E-state index contributed by atoms with van der Waals surface area (Å²) in [4.78, 5) is 7.65. The number of guanidine groups is 2. The highest BCUT2D eigenvalue weighted by atomic mass is 32.2. The molecular weight excluding hydrogens is 266 g/mol. The molecule has 0 spiro atoms. The molecule has 6 N–H and O–H groups in total. The van der Waals surface area contributed by atoms with Crippen molar-refractivity contribution in [3.63, 3.8) is 0 Å². The fourth-order valence-corrected chi connectivity index (χ4v) is 2.39. The van der Waals surface area contributed by atoms with Gasteiger partial charge in [0.25, 0.3) is 0 Å². The van der Waals surface area contributed by atoms with E-state index < -0.39 is 15.1 Å². The first kappa shape index (κ1) is 15.0. The zero-order valence-electron chi connectivity index (χ0n) is 10.7. The largest absolute Gasteiger partial charge is 0.370 e. The van der Waals surface area contributed by atoms with Gasteiger partial charge in [0.05, 0.1) is 15.8 Å². The van der Waals surface area contributed by atoms with E-state index in [1.807, 2.05) is 0 Å². The van der Waals surface area contributed by atoms with E-state index in [-0.39, 0.29) is 16.8 Å². The van der Waals surface area contributed by atoms with Gasteiger partial charge >= 0.3 is 0 Å². The van der Waals surface area contributed by atoms with Crippen LogP contribution >= 0.6 is 0 Å². The summed E-state index contributed by atoms with van der Waals surface area (Å²) < 4.78 is 24.0. The Labute approximate surface area is 112 Å². The Bertz CT molecular complexity index is 616. The van der Waals surface area contributed by atoms with Crippen LogP contribution in [0, 0.1) is 0 Å². The lowest BCUT2D eigenvalue weighted by Crippen LogP contribution is -2.26. The maximum atomic E-state index is 12.0. The van der Waals surface area contributed by atoms with Gasteiger partial charge in [-0.2, -0.15) is 4.99 Å². The molecule has 0 amide bonds. The molecule has 19 heavy (non-hydrogen) atoms. The van der Waals surface area contributed by atoms with E-state index in [4.69, 9.17) is 17.2 Å². The Hall–Kier alpha value is -2.09. The third-order valence-electron chi connectivity index (χ3n) is 2.25. The Kier molecular flexibility index (Phi) is 4.49. The molecule has 1 aromatic carbocycles. The summed E-state index contributed by atoms with van der Waals surface area (Å²) in [7, 11) is -3.35. The van der Waals surface area contributed by atoms with E-state index in [1.165, 1.54) is 12.1 Å². The van der Waals surface area contributed by atoms with Crippen molar-refractivity contribution in [2.24, 2.45) is 27.2 Å². The topological polar surface area (TPSA) is 137 Å². The number of aliphatic imine (C=N–C) groups is 2. The van der Waals surface area contributed by atoms with Crippen molar-refractivity contribution in [1.29, 1.82) is 0 Å². The first-order valence-corrected chi connectivity index (χ1v) is 7.06. The van der Waals surface area contributed by atoms with Crippen LogP contribution in [0.5, 0.6) is 0 Å². The van der Waals surface area contributed by atoms with Crippen LogP contribution in [-0.4, -0.2) is 25.6 Å². The molecule has 0 heterocycles. The van der Waals surface area contributed by atoms with Crippen LogP contribution in [0.1, 0.15) is 13.8 Å². The molecule has 0 unspecified atom stereocenters. The molecule has 0 aliphatic heterocycles. The highest BCUT2D eigenvalue weighted by Crippen LogP contribution is 2.21. The van der Waals surface area contributed by atoms with Crippen molar-refractivity contribution in [2.75, 3.05) is 0 Å². The number of sulfone groups is 1. The Morgan fingerprint density at radius 3 is 2.37 bits per heavy atom. The number of rotatable bonds is 3. The van der Waals surface area contributed by atoms with Crippen molar-refractivity contribution in [3.8, 4) is 0 Å². The molecule has 104 valence electrons. The summed E-state index contributed by atoms with van der Waals surface area (Å²) in [6, 6.07) is 6.11. The van der Waals surface area contributed by atoms with E-state index in [2.05, 4.69) is 9.98 Å². The second kappa shape index (κ2) is 5.70. The second-order valence-electron chi connectivity index (χ2n) is 4.10. The molecule has 0 atom stereocenters. The van der Waals surface area contributed by atoms with Gasteiger partial charge in [0.1, 0.15) is 0 Å². The van der Waals surface area contributed by atoms with Gasteiger partial charge in [0.15, 0.2) is 15.8 Å². The number of nitrogens with two attached hydrogens (primary N) is 3. The van der Waals surface area contributed by atoms with Gasteiger partial charge in [-0.3, -0.25) is 0 Å². The normalized spacial score (nSPS) is 12.5. The highest BCUT2D eigenvalue weighted by Gasteiger charge is 2.19. The summed E-state index contributed by atoms with van der Waals surface area (Å²) in [5, 5.41) is -0.512. The Morgan fingerprint density at radius 1 is 1.21 bits per heavy atom. The molecule has 0 aliphatic carbocycles.